The molecule has 1 aliphatic rings. The molecule has 5 heteroatoms. The Labute approximate surface area is 101 Å². The summed E-state index contributed by atoms with van der Waals surface area (Å²) in [4.78, 5) is 4.26. The fourth-order valence-corrected chi connectivity index (χ4v) is 2.18. The summed E-state index contributed by atoms with van der Waals surface area (Å²) in [6.07, 6.45) is 1.95. The highest BCUT2D eigenvalue weighted by Gasteiger charge is 2.27. The molecule has 0 bridgehead atoms. The van der Waals surface area contributed by atoms with Crippen LogP contribution in [0.5, 0.6) is 11.8 Å². The number of aromatic nitrogens is 1. The maximum Gasteiger partial charge on any atom is 0.221 e. The molecule has 0 saturated carbocycles. The minimum atomic E-state index is 0.169. The SMILES string of the molecule is COc1ccc([C@@H]2CC[C@H](CO)N2)c(OC)n1. The summed E-state index contributed by atoms with van der Waals surface area (Å²) >= 11 is 0. The van der Waals surface area contributed by atoms with Crippen LogP contribution in [-0.4, -0.2) is 37.0 Å². The fraction of sp³-hybridized carbons (Fsp3) is 0.583. The van der Waals surface area contributed by atoms with Gasteiger partial charge in [-0.25, -0.2) is 0 Å². The lowest BCUT2D eigenvalue weighted by molar-refractivity contribution is 0.251. The first-order chi connectivity index (χ1) is 8.28. The number of nitrogens with zero attached hydrogens (tertiary/aromatic N) is 1. The van der Waals surface area contributed by atoms with Crippen LogP contribution in [0, 0.1) is 0 Å². The van der Waals surface area contributed by atoms with E-state index in [1.54, 1.807) is 14.2 Å². The lowest BCUT2D eigenvalue weighted by Gasteiger charge is -2.16. The van der Waals surface area contributed by atoms with E-state index in [4.69, 9.17) is 14.6 Å². The zero-order valence-corrected chi connectivity index (χ0v) is 10.1. The second kappa shape index (κ2) is 5.33. The number of methoxy groups -OCH3 is 2. The van der Waals surface area contributed by atoms with Gasteiger partial charge in [0, 0.05) is 23.7 Å². The van der Waals surface area contributed by atoms with Crippen molar-refractivity contribution in [3.05, 3.63) is 17.7 Å². The van der Waals surface area contributed by atoms with Gasteiger partial charge in [0.05, 0.1) is 20.8 Å². The molecule has 1 saturated heterocycles. The molecule has 0 spiro atoms. The van der Waals surface area contributed by atoms with Gasteiger partial charge < -0.3 is 19.9 Å². The predicted octanol–water partition coefficient (Wildman–Crippen LogP) is 0.884. The lowest BCUT2D eigenvalue weighted by atomic mass is 10.1. The Bertz CT molecular complexity index is 384. The van der Waals surface area contributed by atoms with Gasteiger partial charge in [-0.15, -0.1) is 0 Å². The van der Waals surface area contributed by atoms with Gasteiger partial charge in [-0.3, -0.25) is 0 Å². The number of nitrogens with one attached hydrogen (secondary N) is 1. The molecule has 17 heavy (non-hydrogen) atoms. The third kappa shape index (κ3) is 2.50. The number of rotatable bonds is 4. The maximum absolute atomic E-state index is 9.11. The summed E-state index contributed by atoms with van der Waals surface area (Å²) in [5.41, 5.74) is 1.02. The fourth-order valence-electron chi connectivity index (χ4n) is 2.18. The van der Waals surface area contributed by atoms with Gasteiger partial charge in [0.15, 0.2) is 0 Å². The van der Waals surface area contributed by atoms with E-state index in [2.05, 4.69) is 10.3 Å². The van der Waals surface area contributed by atoms with Crippen LogP contribution in [0.2, 0.25) is 0 Å². The Balaban J connectivity index is 2.20. The molecular formula is C12H18N2O3. The highest BCUT2D eigenvalue weighted by molar-refractivity contribution is 5.34. The Kier molecular flexibility index (Phi) is 3.81. The molecule has 1 aliphatic heterocycles. The second-order valence-corrected chi connectivity index (χ2v) is 4.13. The first kappa shape index (κ1) is 12.1. The molecule has 0 unspecified atom stereocenters. The lowest BCUT2D eigenvalue weighted by Crippen LogP contribution is -2.27. The van der Waals surface area contributed by atoms with Crippen molar-refractivity contribution in [1.29, 1.82) is 0 Å². The Morgan fingerprint density at radius 1 is 1.35 bits per heavy atom. The van der Waals surface area contributed by atoms with Gasteiger partial charge in [0.1, 0.15) is 0 Å². The Morgan fingerprint density at radius 2 is 2.18 bits per heavy atom. The molecule has 1 aromatic heterocycles. The number of aliphatic hydroxyl groups excluding tert-OH is 1. The maximum atomic E-state index is 9.11. The van der Waals surface area contributed by atoms with E-state index in [1.165, 1.54) is 0 Å². The van der Waals surface area contributed by atoms with Crippen molar-refractivity contribution in [2.45, 2.75) is 24.9 Å². The quantitative estimate of drug-likeness (QED) is 0.815. The monoisotopic (exact) mass is 238 g/mol. The summed E-state index contributed by atoms with van der Waals surface area (Å²) in [6.45, 7) is 0.169. The zero-order valence-electron chi connectivity index (χ0n) is 10.1. The van der Waals surface area contributed by atoms with E-state index in [-0.39, 0.29) is 18.7 Å². The molecular weight excluding hydrogens is 220 g/mol. The molecule has 0 amide bonds. The van der Waals surface area contributed by atoms with Crippen molar-refractivity contribution < 1.29 is 14.6 Å². The van der Waals surface area contributed by atoms with E-state index in [1.807, 2.05) is 12.1 Å². The van der Waals surface area contributed by atoms with Crippen LogP contribution in [0.4, 0.5) is 0 Å². The van der Waals surface area contributed by atoms with Crippen molar-refractivity contribution in [3.63, 3.8) is 0 Å². The standard InChI is InChI=1S/C12H18N2O3/c1-16-11-6-4-9(12(14-11)17-2)10-5-3-8(7-15)13-10/h4,6,8,10,13,15H,3,5,7H2,1-2H3/t8-,10+/m1/s1. The van der Waals surface area contributed by atoms with Crippen molar-refractivity contribution in [3.8, 4) is 11.8 Å². The first-order valence-electron chi connectivity index (χ1n) is 5.74. The summed E-state index contributed by atoms with van der Waals surface area (Å²) in [5, 5.41) is 12.5. The van der Waals surface area contributed by atoms with Crippen molar-refractivity contribution in [1.82, 2.24) is 10.3 Å². The molecule has 2 heterocycles. The first-order valence-corrected chi connectivity index (χ1v) is 5.74. The van der Waals surface area contributed by atoms with E-state index < -0.39 is 0 Å². The minimum Gasteiger partial charge on any atom is -0.481 e. The van der Waals surface area contributed by atoms with Gasteiger partial charge in [0.2, 0.25) is 11.8 Å². The molecule has 2 atom stereocenters. The number of pyridine rings is 1. The molecule has 5 nitrogen and oxygen atoms in total. The Morgan fingerprint density at radius 3 is 2.76 bits per heavy atom. The summed E-state index contributed by atoms with van der Waals surface area (Å²) in [7, 11) is 3.18. The highest BCUT2D eigenvalue weighted by Crippen LogP contribution is 2.32. The van der Waals surface area contributed by atoms with Crippen molar-refractivity contribution >= 4 is 0 Å². The van der Waals surface area contributed by atoms with Gasteiger partial charge in [-0.05, 0) is 18.9 Å². The summed E-state index contributed by atoms with van der Waals surface area (Å²) < 4.78 is 10.3. The Hall–Kier alpha value is -1.33. The third-order valence-electron chi connectivity index (χ3n) is 3.10. The molecule has 94 valence electrons. The van der Waals surface area contributed by atoms with Gasteiger partial charge in [-0.1, -0.05) is 0 Å². The normalized spacial score (nSPS) is 23.7. The molecule has 0 aliphatic carbocycles. The van der Waals surface area contributed by atoms with E-state index in [0.29, 0.717) is 11.8 Å². The van der Waals surface area contributed by atoms with Gasteiger partial charge in [-0.2, -0.15) is 4.98 Å². The molecule has 0 aromatic carbocycles. The van der Waals surface area contributed by atoms with Crippen LogP contribution in [0.3, 0.4) is 0 Å². The minimum absolute atomic E-state index is 0.169. The smallest absolute Gasteiger partial charge is 0.221 e. The summed E-state index contributed by atoms with van der Waals surface area (Å²) in [6, 6.07) is 4.15. The second-order valence-electron chi connectivity index (χ2n) is 4.13. The largest absolute Gasteiger partial charge is 0.481 e. The highest BCUT2D eigenvalue weighted by atomic mass is 16.5. The van der Waals surface area contributed by atoms with E-state index in [0.717, 1.165) is 18.4 Å². The van der Waals surface area contributed by atoms with Crippen LogP contribution in [0.25, 0.3) is 0 Å². The van der Waals surface area contributed by atoms with Crippen LogP contribution in [-0.2, 0) is 0 Å². The number of ether oxygens (including phenoxy) is 2. The van der Waals surface area contributed by atoms with E-state index in [9.17, 15) is 0 Å². The molecule has 0 radical (unpaired) electrons. The van der Waals surface area contributed by atoms with Crippen LogP contribution in [0.1, 0.15) is 24.4 Å². The average molecular weight is 238 g/mol. The van der Waals surface area contributed by atoms with Crippen molar-refractivity contribution in [2.24, 2.45) is 0 Å². The molecule has 1 fully saturated rings. The van der Waals surface area contributed by atoms with Gasteiger partial charge in [0.25, 0.3) is 0 Å². The van der Waals surface area contributed by atoms with E-state index >= 15 is 0 Å². The summed E-state index contributed by atoms with van der Waals surface area (Å²) in [5.74, 6) is 1.13. The average Bonchev–Trinajstić information content (AvgIpc) is 2.86. The number of hydrogen-bond donors (Lipinski definition) is 2. The topological polar surface area (TPSA) is 63.6 Å². The predicted molar refractivity (Wildman–Crippen MR) is 63.3 cm³/mol. The number of aliphatic hydroxyl groups is 1. The third-order valence-corrected chi connectivity index (χ3v) is 3.10. The van der Waals surface area contributed by atoms with Crippen LogP contribution >= 0.6 is 0 Å². The van der Waals surface area contributed by atoms with Crippen molar-refractivity contribution in [2.75, 3.05) is 20.8 Å². The van der Waals surface area contributed by atoms with Crippen LogP contribution in [0.15, 0.2) is 12.1 Å². The molecule has 1 aromatic rings. The van der Waals surface area contributed by atoms with Gasteiger partial charge >= 0.3 is 0 Å². The van der Waals surface area contributed by atoms with Crippen LogP contribution < -0.4 is 14.8 Å². The molecule has 2 rings (SSSR count). The number of hydrogen-bond acceptors (Lipinski definition) is 5. The zero-order chi connectivity index (χ0) is 12.3. The molecule has 2 N–H and O–H groups in total.